The van der Waals surface area contributed by atoms with Crippen LogP contribution < -0.4 is 10.2 Å². The molecule has 0 spiro atoms. The van der Waals surface area contributed by atoms with Crippen molar-refractivity contribution in [3.63, 3.8) is 0 Å². The average molecular weight is 363 g/mol. The largest absolute Gasteiger partial charge is 0.378 e. The summed E-state index contributed by atoms with van der Waals surface area (Å²) in [5.41, 5.74) is 0.572. The van der Waals surface area contributed by atoms with Crippen molar-refractivity contribution in [2.75, 3.05) is 36.5 Å². The Morgan fingerprint density at radius 1 is 1.09 bits per heavy atom. The van der Waals surface area contributed by atoms with E-state index in [0.717, 1.165) is 23.4 Å². The molecule has 1 fully saturated rings. The Hall–Kier alpha value is -1.99. The van der Waals surface area contributed by atoms with Crippen LogP contribution in [-0.4, -0.2) is 42.4 Å². The number of benzene rings is 1. The number of hydrogen-bond donors (Lipinski definition) is 1. The predicted octanol–water partition coefficient (Wildman–Crippen LogP) is 2.33. The van der Waals surface area contributed by atoms with E-state index in [-0.39, 0.29) is 5.91 Å². The average Bonchev–Trinajstić information content (AvgIpc) is 2.57. The summed E-state index contributed by atoms with van der Waals surface area (Å²) in [6.45, 7) is 3.01. The number of halogens is 1. The van der Waals surface area contributed by atoms with Crippen LogP contribution in [0.1, 0.15) is 10.4 Å². The van der Waals surface area contributed by atoms with Crippen molar-refractivity contribution in [3.8, 4) is 0 Å². The molecular weight excluding hydrogens is 348 g/mol. The van der Waals surface area contributed by atoms with Crippen LogP contribution in [0.5, 0.6) is 0 Å². The molecule has 0 unspecified atom stereocenters. The third-order valence-electron chi connectivity index (χ3n) is 3.33. The molecule has 0 atom stereocenters. The molecule has 1 aromatic heterocycles. The lowest BCUT2D eigenvalue weighted by molar-refractivity contribution is 0.102. The highest BCUT2D eigenvalue weighted by molar-refractivity contribution is 9.10. The number of nitrogens with zero attached hydrogens (tertiary/aromatic N) is 3. The summed E-state index contributed by atoms with van der Waals surface area (Å²) >= 11 is 3.34. The lowest BCUT2D eigenvalue weighted by atomic mass is 10.2. The number of morpholine rings is 1. The van der Waals surface area contributed by atoms with Crippen molar-refractivity contribution in [2.45, 2.75) is 0 Å². The van der Waals surface area contributed by atoms with E-state index in [1.54, 1.807) is 18.2 Å². The molecule has 22 heavy (non-hydrogen) atoms. The van der Waals surface area contributed by atoms with E-state index in [9.17, 15) is 4.79 Å². The van der Waals surface area contributed by atoms with Gasteiger partial charge in [0.1, 0.15) is 0 Å². The monoisotopic (exact) mass is 362 g/mol. The van der Waals surface area contributed by atoms with Gasteiger partial charge in [-0.25, -0.2) is 0 Å². The number of anilines is 2. The van der Waals surface area contributed by atoms with Gasteiger partial charge in [0.2, 0.25) is 0 Å². The molecule has 1 N–H and O–H groups in total. The number of carbonyl (C=O) groups is 1. The van der Waals surface area contributed by atoms with Crippen LogP contribution in [0.4, 0.5) is 11.6 Å². The SMILES string of the molecule is O=C(Nc1ccc(N2CCOCC2)nn1)c1ccc(Br)cc1. The van der Waals surface area contributed by atoms with Crippen molar-refractivity contribution >= 4 is 33.5 Å². The van der Waals surface area contributed by atoms with Crippen molar-refractivity contribution in [3.05, 3.63) is 46.4 Å². The first-order valence-electron chi connectivity index (χ1n) is 6.96. The van der Waals surface area contributed by atoms with E-state index < -0.39 is 0 Å². The Morgan fingerprint density at radius 3 is 2.45 bits per heavy atom. The van der Waals surface area contributed by atoms with E-state index in [4.69, 9.17) is 4.74 Å². The Balaban J connectivity index is 1.65. The summed E-state index contributed by atoms with van der Waals surface area (Å²) in [7, 11) is 0. The van der Waals surface area contributed by atoms with Crippen LogP contribution in [0.25, 0.3) is 0 Å². The number of hydrogen-bond acceptors (Lipinski definition) is 5. The van der Waals surface area contributed by atoms with Gasteiger partial charge in [0, 0.05) is 23.1 Å². The Labute approximate surface area is 136 Å². The van der Waals surface area contributed by atoms with Crippen LogP contribution in [0, 0.1) is 0 Å². The van der Waals surface area contributed by atoms with Gasteiger partial charge in [0.05, 0.1) is 13.2 Å². The van der Waals surface area contributed by atoms with Gasteiger partial charge in [-0.1, -0.05) is 15.9 Å². The fourth-order valence-corrected chi connectivity index (χ4v) is 2.41. The molecule has 0 saturated carbocycles. The normalized spacial score (nSPS) is 14.7. The summed E-state index contributed by atoms with van der Waals surface area (Å²) in [5.74, 6) is 1.02. The second-order valence-electron chi connectivity index (χ2n) is 4.84. The molecule has 1 amide bonds. The molecular formula is C15H15BrN4O2. The summed E-state index contributed by atoms with van der Waals surface area (Å²) in [5, 5.41) is 11.0. The van der Waals surface area contributed by atoms with Gasteiger partial charge < -0.3 is 15.0 Å². The highest BCUT2D eigenvalue weighted by Gasteiger charge is 2.13. The maximum Gasteiger partial charge on any atom is 0.256 e. The minimum atomic E-state index is -0.207. The van der Waals surface area contributed by atoms with E-state index in [1.807, 2.05) is 18.2 Å². The maximum atomic E-state index is 12.1. The molecule has 1 aliphatic heterocycles. The van der Waals surface area contributed by atoms with Crippen molar-refractivity contribution in [1.29, 1.82) is 0 Å². The van der Waals surface area contributed by atoms with Crippen LogP contribution >= 0.6 is 15.9 Å². The van der Waals surface area contributed by atoms with E-state index in [1.165, 1.54) is 0 Å². The molecule has 1 aromatic carbocycles. The molecule has 6 nitrogen and oxygen atoms in total. The van der Waals surface area contributed by atoms with Gasteiger partial charge in [0.15, 0.2) is 11.6 Å². The minimum absolute atomic E-state index is 0.207. The zero-order valence-electron chi connectivity index (χ0n) is 11.8. The molecule has 114 valence electrons. The molecule has 0 radical (unpaired) electrons. The number of ether oxygens (including phenoxy) is 1. The summed E-state index contributed by atoms with van der Waals surface area (Å²) in [4.78, 5) is 14.2. The molecule has 2 heterocycles. The minimum Gasteiger partial charge on any atom is -0.378 e. The quantitative estimate of drug-likeness (QED) is 0.907. The molecule has 0 bridgehead atoms. The van der Waals surface area contributed by atoms with Gasteiger partial charge in [-0.2, -0.15) is 0 Å². The van der Waals surface area contributed by atoms with E-state index >= 15 is 0 Å². The summed E-state index contributed by atoms with van der Waals surface area (Å²) in [6.07, 6.45) is 0. The Kier molecular flexibility index (Phi) is 4.65. The van der Waals surface area contributed by atoms with Crippen LogP contribution in [0.3, 0.4) is 0 Å². The first-order chi connectivity index (χ1) is 10.7. The zero-order chi connectivity index (χ0) is 15.4. The molecule has 7 heteroatoms. The predicted molar refractivity (Wildman–Crippen MR) is 87.2 cm³/mol. The lowest BCUT2D eigenvalue weighted by Crippen LogP contribution is -2.36. The number of nitrogens with one attached hydrogen (secondary N) is 1. The second-order valence-corrected chi connectivity index (χ2v) is 5.75. The Morgan fingerprint density at radius 2 is 1.82 bits per heavy atom. The molecule has 0 aliphatic carbocycles. The number of rotatable bonds is 3. The summed E-state index contributed by atoms with van der Waals surface area (Å²) in [6, 6.07) is 10.7. The van der Waals surface area contributed by atoms with Gasteiger partial charge in [-0.15, -0.1) is 10.2 Å². The summed E-state index contributed by atoms with van der Waals surface area (Å²) < 4.78 is 6.23. The smallest absolute Gasteiger partial charge is 0.256 e. The van der Waals surface area contributed by atoms with Gasteiger partial charge in [-0.3, -0.25) is 4.79 Å². The van der Waals surface area contributed by atoms with E-state index in [0.29, 0.717) is 24.6 Å². The zero-order valence-corrected chi connectivity index (χ0v) is 13.4. The van der Waals surface area contributed by atoms with Crippen LogP contribution in [0.15, 0.2) is 40.9 Å². The number of amides is 1. The molecule has 2 aromatic rings. The van der Waals surface area contributed by atoms with E-state index in [2.05, 4.69) is 36.3 Å². The number of aromatic nitrogens is 2. The molecule has 3 rings (SSSR count). The van der Waals surface area contributed by atoms with Gasteiger partial charge in [0.25, 0.3) is 5.91 Å². The molecule has 1 aliphatic rings. The van der Waals surface area contributed by atoms with Crippen LogP contribution in [-0.2, 0) is 4.74 Å². The topological polar surface area (TPSA) is 67.4 Å². The first kappa shape index (κ1) is 14.9. The van der Waals surface area contributed by atoms with Gasteiger partial charge >= 0.3 is 0 Å². The molecule has 1 saturated heterocycles. The highest BCUT2D eigenvalue weighted by Crippen LogP contribution is 2.15. The second kappa shape index (κ2) is 6.85. The third-order valence-corrected chi connectivity index (χ3v) is 3.86. The standard InChI is InChI=1S/C15H15BrN4O2/c16-12-3-1-11(2-4-12)15(21)17-13-5-6-14(19-18-13)20-7-9-22-10-8-20/h1-6H,7-10H2,(H,17,18,21). The maximum absolute atomic E-state index is 12.1. The van der Waals surface area contributed by atoms with Crippen molar-refractivity contribution in [2.24, 2.45) is 0 Å². The highest BCUT2D eigenvalue weighted by atomic mass is 79.9. The Bertz CT molecular complexity index is 640. The van der Waals surface area contributed by atoms with Crippen LogP contribution in [0.2, 0.25) is 0 Å². The van der Waals surface area contributed by atoms with Crippen molar-refractivity contribution < 1.29 is 9.53 Å². The van der Waals surface area contributed by atoms with Crippen molar-refractivity contribution in [1.82, 2.24) is 10.2 Å². The lowest BCUT2D eigenvalue weighted by Gasteiger charge is -2.27. The first-order valence-corrected chi connectivity index (χ1v) is 7.75. The number of carbonyl (C=O) groups excluding carboxylic acids is 1. The fraction of sp³-hybridized carbons (Fsp3) is 0.267. The van der Waals surface area contributed by atoms with Gasteiger partial charge in [-0.05, 0) is 36.4 Å². The fourth-order valence-electron chi connectivity index (χ4n) is 2.14. The third kappa shape index (κ3) is 3.61.